The number of H-pyrrole nitrogens is 1. The monoisotopic (exact) mass is 623 g/mol. The Morgan fingerprint density at radius 2 is 1.63 bits per heavy atom. The molecule has 5 rings (SSSR count). The van der Waals surface area contributed by atoms with E-state index in [1.54, 1.807) is 19.1 Å². The van der Waals surface area contributed by atoms with E-state index in [0.717, 1.165) is 39.5 Å². The molecule has 3 N–H and O–H groups in total. The average molecular weight is 624 g/mol. The second kappa shape index (κ2) is 12.7. The first kappa shape index (κ1) is 32.2. The van der Waals surface area contributed by atoms with Crippen LogP contribution in [-0.2, 0) is 25.5 Å². The number of carbonyl (C=O) groups is 2. The molecule has 0 aliphatic carbocycles. The average Bonchev–Trinajstić information content (AvgIpc) is 3.67. The molecule has 4 aliphatic heterocycles. The second-order valence-electron chi connectivity index (χ2n) is 11.4. The number of fused-ring (bicyclic) bond motifs is 5. The molecule has 4 aliphatic rings. The molecule has 46 heavy (non-hydrogen) atoms. The van der Waals surface area contributed by atoms with E-state index in [4.69, 9.17) is 29.4 Å². The zero-order chi connectivity index (χ0) is 33.3. The summed E-state index contributed by atoms with van der Waals surface area (Å²) in [7, 11) is 2.72. The summed E-state index contributed by atoms with van der Waals surface area (Å²) < 4.78 is 9.83. The Morgan fingerprint density at radius 1 is 0.935 bits per heavy atom. The van der Waals surface area contributed by atoms with Crippen LogP contribution >= 0.6 is 0 Å². The number of methoxy groups -OCH3 is 2. The normalized spacial score (nSPS) is 20.6. The van der Waals surface area contributed by atoms with Crippen molar-refractivity contribution in [3.8, 4) is 0 Å². The fourth-order valence-electron chi connectivity index (χ4n) is 5.89. The van der Waals surface area contributed by atoms with Crippen LogP contribution in [0.25, 0.3) is 12.2 Å². The van der Waals surface area contributed by atoms with Gasteiger partial charge in [-0.3, -0.25) is 9.59 Å². The van der Waals surface area contributed by atoms with Crippen LogP contribution in [0, 0.1) is 6.92 Å². The van der Waals surface area contributed by atoms with Crippen molar-refractivity contribution in [3.05, 3.63) is 92.2 Å². The number of aliphatic imine (C=N–C) groups is 4. The smallest absolute Gasteiger partial charge is 0.305 e. The molecule has 238 valence electrons. The van der Waals surface area contributed by atoms with E-state index in [1.807, 2.05) is 32.9 Å². The first-order chi connectivity index (χ1) is 21.9. The summed E-state index contributed by atoms with van der Waals surface area (Å²) >= 11 is 0. The number of hydrogen-bond donors (Lipinski definition) is 3. The van der Waals surface area contributed by atoms with Gasteiger partial charge in [-0.1, -0.05) is 12.7 Å². The summed E-state index contributed by atoms with van der Waals surface area (Å²) in [6.07, 6.45) is 10.6. The molecule has 0 saturated carbocycles. The number of aliphatic hydroxyl groups is 2. The largest absolute Gasteiger partial charge is 0.516 e. The van der Waals surface area contributed by atoms with E-state index >= 15 is 0 Å². The standard InChI is InChI=1S/C35H37N5O6/c1-8-21-18(2)27-15-25-19(3)22(9-11-31(42)45-6)28(36-25)17-29-23(10-12-32(43)46-7)20(4)26(37-29)16-30-24(13-14-41)35(5,44)34(39-30)40-33(21)38-27/h8,13-17,37,41,44H,1,9-12H2,2-7H3/b14-13+,25-15?,26-16?,29-17?,40-33?/t35-/m1/s1. The highest BCUT2D eigenvalue weighted by Crippen LogP contribution is 2.34. The van der Waals surface area contributed by atoms with Crippen LogP contribution < -0.4 is 10.7 Å². The fraction of sp³-hybridized carbons (Fsp3) is 0.314. The zero-order valence-electron chi connectivity index (χ0n) is 26.8. The third kappa shape index (κ3) is 5.81. The van der Waals surface area contributed by atoms with Crippen LogP contribution in [0.1, 0.15) is 51.2 Å². The van der Waals surface area contributed by atoms with Crippen LogP contribution in [-0.4, -0.2) is 70.1 Å². The van der Waals surface area contributed by atoms with Gasteiger partial charge in [0.05, 0.1) is 43.3 Å². The lowest BCUT2D eigenvalue weighted by atomic mass is 9.95. The van der Waals surface area contributed by atoms with Crippen molar-refractivity contribution in [2.24, 2.45) is 20.0 Å². The SMILES string of the molecule is C=CC1=C(C)C2=NC1=NC1=NC(=C(/C=C/O)[C@@]1(C)O)C=c1[nH]c(c(CCC(=O)OC)c1C)=CC1=NC(=C2)C(C)=C1CCC(=O)OC. The number of ether oxygens (including phenoxy) is 2. The van der Waals surface area contributed by atoms with Crippen molar-refractivity contribution < 1.29 is 29.3 Å². The highest BCUT2D eigenvalue weighted by atomic mass is 16.5. The number of aliphatic hydroxyl groups excluding tert-OH is 1. The first-order valence-corrected chi connectivity index (χ1v) is 14.9. The molecule has 0 fully saturated rings. The molecule has 0 unspecified atom stereocenters. The molecule has 11 heteroatoms. The Labute approximate surface area is 266 Å². The Morgan fingerprint density at radius 3 is 2.28 bits per heavy atom. The van der Waals surface area contributed by atoms with Gasteiger partial charge in [-0.15, -0.1) is 0 Å². The number of rotatable bonds is 8. The summed E-state index contributed by atoms with van der Waals surface area (Å²) in [5.41, 5.74) is 6.06. The summed E-state index contributed by atoms with van der Waals surface area (Å²) in [6.45, 7) is 11.3. The maximum absolute atomic E-state index is 12.2. The highest BCUT2D eigenvalue weighted by molar-refractivity contribution is 6.29. The van der Waals surface area contributed by atoms with Gasteiger partial charge < -0.3 is 24.7 Å². The molecule has 0 aromatic carbocycles. The number of allylic oxidation sites excluding steroid dienone is 5. The molecule has 8 bridgehead atoms. The number of nitrogens with zero attached hydrogens (tertiary/aromatic N) is 4. The number of carbonyl (C=O) groups excluding carboxylic acids is 2. The van der Waals surface area contributed by atoms with Crippen molar-refractivity contribution in [2.75, 3.05) is 14.2 Å². The number of amidine groups is 2. The van der Waals surface area contributed by atoms with Crippen LogP contribution in [0.4, 0.5) is 0 Å². The molecule has 1 aromatic heterocycles. The third-order valence-corrected chi connectivity index (χ3v) is 8.66. The van der Waals surface area contributed by atoms with E-state index in [0.29, 0.717) is 58.0 Å². The maximum atomic E-state index is 12.2. The van der Waals surface area contributed by atoms with Gasteiger partial charge >= 0.3 is 11.9 Å². The Kier molecular flexibility index (Phi) is 8.89. The third-order valence-electron chi connectivity index (χ3n) is 8.66. The molecule has 1 aromatic rings. The predicted molar refractivity (Wildman–Crippen MR) is 178 cm³/mol. The quantitative estimate of drug-likeness (QED) is 0.297. The lowest BCUT2D eigenvalue weighted by Crippen LogP contribution is -2.33. The topological polar surface area (TPSA) is 158 Å². The van der Waals surface area contributed by atoms with E-state index in [2.05, 4.69) is 11.6 Å². The molecule has 0 saturated heterocycles. The van der Waals surface area contributed by atoms with Crippen LogP contribution in [0.3, 0.4) is 0 Å². The van der Waals surface area contributed by atoms with Gasteiger partial charge in [-0.25, -0.2) is 20.0 Å². The molecule has 5 heterocycles. The van der Waals surface area contributed by atoms with Gasteiger partial charge in [-0.05, 0) is 92.7 Å². The number of nitrogens with one attached hydrogen (secondary N) is 1. The highest BCUT2D eigenvalue weighted by Gasteiger charge is 2.39. The Hall–Kier alpha value is -5.16. The number of aromatic amines is 1. The van der Waals surface area contributed by atoms with E-state index in [1.165, 1.54) is 20.3 Å². The van der Waals surface area contributed by atoms with Crippen LogP contribution in [0.5, 0.6) is 0 Å². The van der Waals surface area contributed by atoms with Gasteiger partial charge in [0, 0.05) is 34.7 Å². The van der Waals surface area contributed by atoms with Gasteiger partial charge in [0.2, 0.25) is 0 Å². The molecule has 0 amide bonds. The van der Waals surface area contributed by atoms with Gasteiger partial charge in [-0.2, -0.15) is 0 Å². The fourth-order valence-corrected chi connectivity index (χ4v) is 5.89. The lowest BCUT2D eigenvalue weighted by molar-refractivity contribution is -0.141. The van der Waals surface area contributed by atoms with E-state index < -0.39 is 5.60 Å². The minimum Gasteiger partial charge on any atom is -0.516 e. The molecular weight excluding hydrogens is 586 g/mol. The van der Waals surface area contributed by atoms with Crippen molar-refractivity contribution >= 4 is 47.2 Å². The van der Waals surface area contributed by atoms with Gasteiger partial charge in [0.15, 0.2) is 11.7 Å². The molecule has 11 nitrogen and oxygen atoms in total. The molecule has 0 spiro atoms. The molecule has 1 atom stereocenters. The lowest BCUT2D eigenvalue weighted by Gasteiger charge is -2.19. The predicted octanol–water partition coefficient (Wildman–Crippen LogP) is 3.46. The van der Waals surface area contributed by atoms with Crippen molar-refractivity contribution in [1.82, 2.24) is 4.98 Å². The summed E-state index contributed by atoms with van der Waals surface area (Å²) in [5, 5.41) is 22.8. The summed E-state index contributed by atoms with van der Waals surface area (Å²) in [4.78, 5) is 47.0. The van der Waals surface area contributed by atoms with Gasteiger partial charge in [0.25, 0.3) is 0 Å². The van der Waals surface area contributed by atoms with E-state index in [9.17, 15) is 19.8 Å². The van der Waals surface area contributed by atoms with Crippen molar-refractivity contribution in [2.45, 2.75) is 59.0 Å². The molecular formula is C35H37N5O6. The van der Waals surface area contributed by atoms with E-state index in [-0.39, 0.29) is 30.6 Å². The minimum atomic E-state index is -1.65. The minimum absolute atomic E-state index is 0.100. The number of esters is 2. The second-order valence-corrected chi connectivity index (χ2v) is 11.4. The summed E-state index contributed by atoms with van der Waals surface area (Å²) in [5.74, 6) is -0.234. The molecule has 0 radical (unpaired) electrons. The Balaban J connectivity index is 1.84. The number of hydrogen-bond acceptors (Lipinski definition) is 10. The Bertz CT molecular complexity index is 1970. The zero-order valence-corrected chi connectivity index (χ0v) is 26.8. The van der Waals surface area contributed by atoms with Crippen LogP contribution in [0.15, 0.2) is 90.3 Å². The number of aromatic nitrogens is 1. The van der Waals surface area contributed by atoms with Crippen molar-refractivity contribution in [3.63, 3.8) is 0 Å². The summed E-state index contributed by atoms with van der Waals surface area (Å²) in [6, 6.07) is 0. The first-order valence-electron chi connectivity index (χ1n) is 14.9. The van der Waals surface area contributed by atoms with Gasteiger partial charge in [0.1, 0.15) is 5.60 Å². The van der Waals surface area contributed by atoms with Crippen molar-refractivity contribution in [1.29, 1.82) is 0 Å². The van der Waals surface area contributed by atoms with Crippen LogP contribution in [0.2, 0.25) is 0 Å². The maximum Gasteiger partial charge on any atom is 0.305 e.